The molecular weight excluding hydrogens is 210 g/mol. The molecule has 3 nitrogen and oxygen atoms in total. The molecule has 0 aromatic carbocycles. The zero-order chi connectivity index (χ0) is 11.1. The van der Waals surface area contributed by atoms with Gasteiger partial charge in [0.2, 0.25) is 5.88 Å². The van der Waals surface area contributed by atoms with Crippen molar-refractivity contribution in [1.29, 1.82) is 0 Å². The van der Waals surface area contributed by atoms with Crippen molar-refractivity contribution in [1.82, 2.24) is 4.98 Å². The van der Waals surface area contributed by atoms with Gasteiger partial charge in [-0.25, -0.2) is 4.98 Å². The Balaban J connectivity index is 2.57. The molecule has 0 N–H and O–H groups in total. The van der Waals surface area contributed by atoms with Crippen LogP contribution in [-0.4, -0.2) is 31.6 Å². The molecule has 84 valence electrons. The average Bonchev–Trinajstić information content (AvgIpc) is 2.29. The summed E-state index contributed by atoms with van der Waals surface area (Å²) in [6.45, 7) is 3.26. The van der Waals surface area contributed by atoms with Crippen molar-refractivity contribution in [2.24, 2.45) is 0 Å². The van der Waals surface area contributed by atoms with Crippen LogP contribution in [0.2, 0.25) is 0 Å². The Hall–Kier alpha value is -0.740. The summed E-state index contributed by atoms with van der Waals surface area (Å²) in [6, 6.07) is 5.85. The second-order valence-corrected chi connectivity index (χ2v) is 4.30. The van der Waals surface area contributed by atoms with Gasteiger partial charge in [-0.1, -0.05) is 6.07 Å². The van der Waals surface area contributed by atoms with Crippen LogP contribution in [0, 0.1) is 0 Å². The van der Waals surface area contributed by atoms with Gasteiger partial charge in [0, 0.05) is 18.4 Å². The smallest absolute Gasteiger partial charge is 0.213 e. The third-order valence-corrected chi connectivity index (χ3v) is 3.00. The number of hydrogen-bond donors (Lipinski definition) is 0. The van der Waals surface area contributed by atoms with Crippen LogP contribution in [0.25, 0.3) is 0 Å². The average molecular weight is 227 g/mol. The highest BCUT2D eigenvalue weighted by Gasteiger charge is 2.05. The predicted octanol–water partition coefficient (Wildman–Crippen LogP) is 2.53. The quantitative estimate of drug-likeness (QED) is 0.699. The molecule has 0 saturated heterocycles. The molecule has 1 atom stereocenters. The molecule has 1 unspecified atom stereocenters. The molecule has 1 aromatic rings. The lowest BCUT2D eigenvalue weighted by Gasteiger charge is -2.09. The zero-order valence-corrected chi connectivity index (χ0v) is 10.2. The highest BCUT2D eigenvalue weighted by molar-refractivity contribution is 7.98. The van der Waals surface area contributed by atoms with Crippen molar-refractivity contribution in [2.75, 3.05) is 26.6 Å². The first-order chi connectivity index (χ1) is 7.27. The van der Waals surface area contributed by atoms with E-state index in [4.69, 9.17) is 9.47 Å². The molecule has 0 bridgehead atoms. The fourth-order valence-corrected chi connectivity index (χ4v) is 1.46. The van der Waals surface area contributed by atoms with E-state index in [9.17, 15) is 0 Å². The molecule has 0 aliphatic rings. The van der Waals surface area contributed by atoms with E-state index in [1.807, 2.05) is 18.2 Å². The van der Waals surface area contributed by atoms with Crippen LogP contribution in [-0.2, 0) is 4.74 Å². The molecule has 4 heteroatoms. The first-order valence-corrected chi connectivity index (χ1v) is 6.18. The van der Waals surface area contributed by atoms with E-state index in [1.54, 1.807) is 18.9 Å². The van der Waals surface area contributed by atoms with Gasteiger partial charge in [0.1, 0.15) is 6.61 Å². The standard InChI is InChI=1S/C11H17NO2S/c1-9(15-3)10-5-4-6-11(12-10)14-8-7-13-2/h4-6,9H,7-8H2,1-3H3. The van der Waals surface area contributed by atoms with Crippen LogP contribution in [0.15, 0.2) is 18.2 Å². The number of pyridine rings is 1. The van der Waals surface area contributed by atoms with E-state index in [0.29, 0.717) is 24.3 Å². The normalized spacial score (nSPS) is 12.5. The fourth-order valence-electron chi connectivity index (χ4n) is 1.09. The molecule has 0 radical (unpaired) electrons. The Kier molecular flexibility index (Phi) is 5.50. The molecule has 0 spiro atoms. The van der Waals surface area contributed by atoms with E-state index < -0.39 is 0 Å². The Bertz CT molecular complexity index is 294. The maximum atomic E-state index is 5.44. The lowest BCUT2D eigenvalue weighted by Crippen LogP contribution is -2.06. The van der Waals surface area contributed by atoms with E-state index >= 15 is 0 Å². The summed E-state index contributed by atoms with van der Waals surface area (Å²) >= 11 is 1.77. The van der Waals surface area contributed by atoms with Crippen molar-refractivity contribution >= 4 is 11.8 Å². The fraction of sp³-hybridized carbons (Fsp3) is 0.545. The summed E-state index contributed by atoms with van der Waals surface area (Å²) in [6.07, 6.45) is 2.07. The van der Waals surface area contributed by atoms with E-state index in [2.05, 4.69) is 18.2 Å². The molecule has 0 aliphatic heterocycles. The Labute approximate surface area is 95.2 Å². The SMILES string of the molecule is COCCOc1cccc(C(C)SC)n1. The lowest BCUT2D eigenvalue weighted by molar-refractivity contribution is 0.143. The maximum Gasteiger partial charge on any atom is 0.213 e. The van der Waals surface area contributed by atoms with Crippen LogP contribution >= 0.6 is 11.8 Å². The van der Waals surface area contributed by atoms with Gasteiger partial charge in [-0.05, 0) is 19.2 Å². The van der Waals surface area contributed by atoms with Crippen LogP contribution in [0.3, 0.4) is 0 Å². The molecule has 1 rings (SSSR count). The van der Waals surface area contributed by atoms with Crippen LogP contribution in [0.4, 0.5) is 0 Å². The Morgan fingerprint density at radius 3 is 2.87 bits per heavy atom. The summed E-state index contributed by atoms with van der Waals surface area (Å²) < 4.78 is 10.3. The maximum absolute atomic E-state index is 5.44. The summed E-state index contributed by atoms with van der Waals surface area (Å²) in [5.74, 6) is 0.672. The number of ether oxygens (including phenoxy) is 2. The van der Waals surface area contributed by atoms with E-state index in [1.165, 1.54) is 0 Å². The van der Waals surface area contributed by atoms with Crippen molar-refractivity contribution in [3.8, 4) is 5.88 Å². The summed E-state index contributed by atoms with van der Waals surface area (Å²) in [4.78, 5) is 4.42. The Morgan fingerprint density at radius 1 is 1.40 bits per heavy atom. The summed E-state index contributed by atoms with van der Waals surface area (Å²) in [5.41, 5.74) is 1.05. The number of nitrogens with zero attached hydrogens (tertiary/aromatic N) is 1. The summed E-state index contributed by atoms with van der Waals surface area (Å²) in [5, 5.41) is 0.399. The molecule has 0 fully saturated rings. The summed E-state index contributed by atoms with van der Waals surface area (Å²) in [7, 11) is 1.66. The largest absolute Gasteiger partial charge is 0.475 e. The van der Waals surface area contributed by atoms with Gasteiger partial charge >= 0.3 is 0 Å². The van der Waals surface area contributed by atoms with Gasteiger partial charge in [0.05, 0.1) is 12.3 Å². The van der Waals surface area contributed by atoms with Gasteiger partial charge in [-0.3, -0.25) is 0 Å². The molecule has 0 aliphatic carbocycles. The van der Waals surface area contributed by atoms with Crippen molar-refractivity contribution < 1.29 is 9.47 Å². The van der Waals surface area contributed by atoms with Crippen molar-refractivity contribution in [3.63, 3.8) is 0 Å². The number of thioether (sulfide) groups is 1. The third-order valence-electron chi connectivity index (χ3n) is 2.05. The van der Waals surface area contributed by atoms with Crippen LogP contribution in [0.5, 0.6) is 5.88 Å². The van der Waals surface area contributed by atoms with Gasteiger partial charge in [-0.2, -0.15) is 11.8 Å². The highest BCUT2D eigenvalue weighted by Crippen LogP contribution is 2.24. The molecule has 0 saturated carbocycles. The molecule has 15 heavy (non-hydrogen) atoms. The van der Waals surface area contributed by atoms with Gasteiger partial charge in [0.25, 0.3) is 0 Å². The number of aromatic nitrogens is 1. The number of methoxy groups -OCH3 is 1. The second-order valence-electron chi connectivity index (χ2n) is 3.12. The van der Waals surface area contributed by atoms with Gasteiger partial charge < -0.3 is 9.47 Å². The third kappa shape index (κ3) is 4.10. The first kappa shape index (κ1) is 12.3. The zero-order valence-electron chi connectivity index (χ0n) is 9.40. The second kappa shape index (κ2) is 6.69. The van der Waals surface area contributed by atoms with Crippen LogP contribution in [0.1, 0.15) is 17.9 Å². The van der Waals surface area contributed by atoms with E-state index in [0.717, 1.165) is 5.69 Å². The van der Waals surface area contributed by atoms with Gasteiger partial charge in [0.15, 0.2) is 0 Å². The molecule has 0 amide bonds. The van der Waals surface area contributed by atoms with Gasteiger partial charge in [-0.15, -0.1) is 0 Å². The minimum Gasteiger partial charge on any atom is -0.475 e. The minimum absolute atomic E-state index is 0.399. The lowest BCUT2D eigenvalue weighted by atomic mass is 10.3. The highest BCUT2D eigenvalue weighted by atomic mass is 32.2. The van der Waals surface area contributed by atoms with E-state index in [-0.39, 0.29) is 0 Å². The number of rotatable bonds is 6. The minimum atomic E-state index is 0.399. The number of hydrogen-bond acceptors (Lipinski definition) is 4. The monoisotopic (exact) mass is 227 g/mol. The van der Waals surface area contributed by atoms with Crippen LogP contribution < -0.4 is 4.74 Å². The first-order valence-electron chi connectivity index (χ1n) is 4.89. The van der Waals surface area contributed by atoms with Crippen molar-refractivity contribution in [2.45, 2.75) is 12.2 Å². The molecule has 1 heterocycles. The Morgan fingerprint density at radius 2 is 2.20 bits per heavy atom. The van der Waals surface area contributed by atoms with Crippen molar-refractivity contribution in [3.05, 3.63) is 23.9 Å². The predicted molar refractivity (Wildman–Crippen MR) is 63.5 cm³/mol. The topological polar surface area (TPSA) is 31.4 Å². The molecule has 1 aromatic heterocycles. The molecular formula is C11H17NO2S.